The highest BCUT2D eigenvalue weighted by atomic mass is 16.5. The molecule has 0 bridgehead atoms. The molecule has 0 fully saturated rings. The summed E-state index contributed by atoms with van der Waals surface area (Å²) in [7, 11) is 1.92. The fraction of sp³-hybridized carbons (Fsp3) is 0.214. The maximum absolute atomic E-state index is 13.4. The highest BCUT2D eigenvalue weighted by molar-refractivity contribution is 6.13. The minimum absolute atomic E-state index is 0.230. The van der Waals surface area contributed by atoms with Gasteiger partial charge in [0.25, 0.3) is 5.91 Å². The number of nitrogens with one attached hydrogen (secondary N) is 1. The summed E-state index contributed by atoms with van der Waals surface area (Å²) < 4.78 is 18.3. The number of para-hydroxylation sites is 2. The standard InChI is InChI=1S/C28H26N2O6/c1-4-34-27(32)18(2)29-25(31)17-35-20-14-15-24-22(16-20)26(21-12-8-9-13-23(21)30(24)3)28(33)36-19-10-6-5-7-11-19/h5-16,18H,4,17H2,1-3H3/p+1. The normalized spacial score (nSPS) is 11.6. The molecule has 0 aliphatic rings. The Morgan fingerprint density at radius 3 is 2.33 bits per heavy atom. The molecule has 4 rings (SSSR count). The number of hydrogen-bond acceptors (Lipinski definition) is 6. The highest BCUT2D eigenvalue weighted by Gasteiger charge is 2.24. The number of aryl methyl sites for hydroxylation is 1. The van der Waals surface area contributed by atoms with Crippen molar-refractivity contribution in [2.75, 3.05) is 13.2 Å². The summed E-state index contributed by atoms with van der Waals surface area (Å²) in [6, 6.07) is 20.9. The van der Waals surface area contributed by atoms with Crippen molar-refractivity contribution in [1.29, 1.82) is 0 Å². The van der Waals surface area contributed by atoms with Gasteiger partial charge in [0.2, 0.25) is 11.0 Å². The Bertz CT molecular complexity index is 1430. The number of fused-ring (bicyclic) bond motifs is 2. The van der Waals surface area contributed by atoms with Gasteiger partial charge in [-0.2, -0.15) is 4.57 Å². The third-order valence-electron chi connectivity index (χ3n) is 5.68. The van der Waals surface area contributed by atoms with Crippen molar-refractivity contribution in [2.24, 2.45) is 7.05 Å². The zero-order chi connectivity index (χ0) is 25.7. The average molecular weight is 488 g/mol. The molecule has 0 spiro atoms. The van der Waals surface area contributed by atoms with Crippen LogP contribution in [0.15, 0.2) is 72.8 Å². The molecule has 8 heteroatoms. The van der Waals surface area contributed by atoms with Crippen LogP contribution in [-0.2, 0) is 21.4 Å². The lowest BCUT2D eigenvalue weighted by Crippen LogP contribution is -2.41. The van der Waals surface area contributed by atoms with E-state index in [4.69, 9.17) is 14.2 Å². The number of pyridine rings is 1. The van der Waals surface area contributed by atoms with Crippen LogP contribution in [0.25, 0.3) is 21.8 Å². The first-order valence-corrected chi connectivity index (χ1v) is 11.6. The summed E-state index contributed by atoms with van der Waals surface area (Å²) in [4.78, 5) is 37.4. The van der Waals surface area contributed by atoms with Crippen molar-refractivity contribution in [3.63, 3.8) is 0 Å². The van der Waals surface area contributed by atoms with Crippen molar-refractivity contribution in [1.82, 2.24) is 5.32 Å². The third kappa shape index (κ3) is 5.27. The summed E-state index contributed by atoms with van der Waals surface area (Å²) in [5.74, 6) is -0.652. The molecular formula is C28H27N2O6+. The van der Waals surface area contributed by atoms with Gasteiger partial charge < -0.3 is 19.5 Å². The molecule has 0 aliphatic heterocycles. The third-order valence-corrected chi connectivity index (χ3v) is 5.68. The molecule has 1 unspecified atom stereocenters. The van der Waals surface area contributed by atoms with Crippen LogP contribution in [0, 0.1) is 0 Å². The molecule has 0 saturated heterocycles. The Labute approximate surface area is 208 Å². The Kier molecular flexibility index (Phi) is 7.44. The van der Waals surface area contributed by atoms with Crippen LogP contribution < -0.4 is 19.4 Å². The minimum atomic E-state index is -0.789. The lowest BCUT2D eigenvalue weighted by atomic mass is 10.0. The van der Waals surface area contributed by atoms with Crippen LogP contribution in [0.3, 0.4) is 0 Å². The Morgan fingerprint density at radius 2 is 1.58 bits per heavy atom. The predicted octanol–water partition coefficient (Wildman–Crippen LogP) is 3.48. The molecule has 8 nitrogen and oxygen atoms in total. The molecule has 4 aromatic rings. The summed E-state index contributed by atoms with van der Waals surface area (Å²) in [5.41, 5.74) is 2.06. The lowest BCUT2D eigenvalue weighted by Gasteiger charge is -2.14. The van der Waals surface area contributed by atoms with E-state index in [0.29, 0.717) is 22.4 Å². The molecule has 0 radical (unpaired) electrons. The van der Waals surface area contributed by atoms with Gasteiger partial charge in [0.1, 0.15) is 24.6 Å². The van der Waals surface area contributed by atoms with Crippen molar-refractivity contribution in [3.05, 3.63) is 78.4 Å². The van der Waals surface area contributed by atoms with E-state index in [1.54, 1.807) is 50.2 Å². The van der Waals surface area contributed by atoms with Gasteiger partial charge >= 0.3 is 11.9 Å². The molecule has 1 N–H and O–H groups in total. The molecule has 3 aromatic carbocycles. The highest BCUT2D eigenvalue weighted by Crippen LogP contribution is 2.29. The second kappa shape index (κ2) is 10.9. The van der Waals surface area contributed by atoms with Crippen LogP contribution in [0.4, 0.5) is 0 Å². The predicted molar refractivity (Wildman–Crippen MR) is 134 cm³/mol. The lowest BCUT2D eigenvalue weighted by molar-refractivity contribution is -0.617. The van der Waals surface area contributed by atoms with Gasteiger partial charge in [-0.25, -0.2) is 9.59 Å². The average Bonchev–Trinajstić information content (AvgIpc) is 2.88. The zero-order valence-electron chi connectivity index (χ0n) is 20.3. The molecule has 1 aromatic heterocycles. The van der Waals surface area contributed by atoms with Crippen molar-refractivity contribution < 1.29 is 33.2 Å². The van der Waals surface area contributed by atoms with Crippen LogP contribution in [0.5, 0.6) is 11.5 Å². The number of nitrogens with zero attached hydrogens (tertiary/aromatic N) is 1. The van der Waals surface area contributed by atoms with E-state index in [-0.39, 0.29) is 13.2 Å². The Balaban J connectivity index is 1.66. The summed E-state index contributed by atoms with van der Waals surface area (Å²) in [6.07, 6.45) is 0. The number of carbonyl (C=O) groups is 3. The number of esters is 2. The molecule has 184 valence electrons. The van der Waals surface area contributed by atoms with Crippen molar-refractivity contribution in [3.8, 4) is 11.5 Å². The van der Waals surface area contributed by atoms with E-state index in [2.05, 4.69) is 5.32 Å². The minimum Gasteiger partial charge on any atom is -0.484 e. The molecule has 0 saturated carbocycles. The van der Waals surface area contributed by atoms with Gasteiger partial charge in [0.15, 0.2) is 6.61 Å². The van der Waals surface area contributed by atoms with E-state index in [1.807, 2.05) is 48.0 Å². The quantitative estimate of drug-likeness (QED) is 0.177. The van der Waals surface area contributed by atoms with Gasteiger partial charge in [-0.05, 0) is 44.2 Å². The van der Waals surface area contributed by atoms with Crippen LogP contribution in [-0.4, -0.2) is 37.1 Å². The van der Waals surface area contributed by atoms with Crippen LogP contribution in [0.1, 0.15) is 24.2 Å². The molecule has 1 amide bonds. The number of amides is 1. The molecule has 1 heterocycles. The molecular weight excluding hydrogens is 460 g/mol. The van der Waals surface area contributed by atoms with E-state index >= 15 is 0 Å². The number of benzene rings is 3. The first-order valence-electron chi connectivity index (χ1n) is 11.6. The van der Waals surface area contributed by atoms with E-state index < -0.39 is 23.9 Å². The van der Waals surface area contributed by atoms with Crippen LogP contribution in [0.2, 0.25) is 0 Å². The molecule has 0 aliphatic carbocycles. The van der Waals surface area contributed by atoms with Gasteiger partial charge in [-0.3, -0.25) is 4.79 Å². The summed E-state index contributed by atoms with van der Waals surface area (Å²) in [6.45, 7) is 3.16. The summed E-state index contributed by atoms with van der Waals surface area (Å²) in [5, 5.41) is 3.89. The van der Waals surface area contributed by atoms with Crippen LogP contribution >= 0.6 is 0 Å². The smallest absolute Gasteiger partial charge is 0.345 e. The van der Waals surface area contributed by atoms with Gasteiger partial charge in [-0.15, -0.1) is 0 Å². The second-order valence-corrected chi connectivity index (χ2v) is 8.16. The fourth-order valence-corrected chi connectivity index (χ4v) is 3.97. The SMILES string of the molecule is CCOC(=O)C(C)NC(=O)COc1ccc2c(c1)c(C(=O)Oc1ccccc1)c1ccccc1[n+]2C. The fourth-order valence-electron chi connectivity index (χ4n) is 3.97. The van der Waals surface area contributed by atoms with Crippen molar-refractivity contribution >= 4 is 39.7 Å². The number of ether oxygens (including phenoxy) is 3. The van der Waals surface area contributed by atoms with E-state index in [1.165, 1.54) is 0 Å². The van der Waals surface area contributed by atoms with Gasteiger partial charge in [-0.1, -0.05) is 30.3 Å². The maximum Gasteiger partial charge on any atom is 0.345 e. The number of hydrogen-bond donors (Lipinski definition) is 1. The number of aromatic nitrogens is 1. The van der Waals surface area contributed by atoms with Gasteiger partial charge in [0, 0.05) is 12.1 Å². The Morgan fingerprint density at radius 1 is 0.889 bits per heavy atom. The largest absolute Gasteiger partial charge is 0.484 e. The number of rotatable bonds is 8. The van der Waals surface area contributed by atoms with Gasteiger partial charge in [0.05, 0.1) is 22.9 Å². The second-order valence-electron chi connectivity index (χ2n) is 8.16. The van der Waals surface area contributed by atoms with E-state index in [0.717, 1.165) is 16.4 Å². The Hall–Kier alpha value is -4.46. The summed E-state index contributed by atoms with van der Waals surface area (Å²) >= 11 is 0. The monoisotopic (exact) mass is 487 g/mol. The van der Waals surface area contributed by atoms with E-state index in [9.17, 15) is 14.4 Å². The zero-order valence-corrected chi connectivity index (χ0v) is 20.3. The number of carbonyl (C=O) groups excluding carboxylic acids is 3. The first-order chi connectivity index (χ1) is 17.4. The molecule has 36 heavy (non-hydrogen) atoms. The topological polar surface area (TPSA) is 94.8 Å². The molecule has 1 atom stereocenters. The maximum atomic E-state index is 13.4. The first kappa shape index (κ1) is 24.7. The van der Waals surface area contributed by atoms with Crippen molar-refractivity contribution in [2.45, 2.75) is 19.9 Å².